The smallest absolute Gasteiger partial charge is 0.320 e. The molecular weight excluding hydrogens is 298 g/mol. The van der Waals surface area contributed by atoms with Gasteiger partial charge in [0, 0.05) is 31.4 Å². The number of fused-ring (bicyclic) bond motifs is 1. The molecule has 8 heteroatoms. The minimum atomic E-state index is -0.305. The molecular formula is C15H19N5O3. The van der Waals surface area contributed by atoms with Crippen LogP contribution in [0.15, 0.2) is 24.5 Å². The molecule has 1 saturated heterocycles. The molecule has 3 heterocycles. The van der Waals surface area contributed by atoms with Gasteiger partial charge < -0.3 is 19.4 Å². The highest BCUT2D eigenvalue weighted by atomic mass is 16.5. The van der Waals surface area contributed by atoms with Crippen LogP contribution in [0.1, 0.15) is 17.3 Å². The topological polar surface area (TPSA) is 88.0 Å². The van der Waals surface area contributed by atoms with Gasteiger partial charge in [-0.15, -0.1) is 0 Å². The lowest BCUT2D eigenvalue weighted by molar-refractivity contribution is 0.0303. The molecule has 122 valence electrons. The van der Waals surface area contributed by atoms with Gasteiger partial charge in [0.05, 0.1) is 19.4 Å². The molecule has 1 aliphatic rings. The summed E-state index contributed by atoms with van der Waals surface area (Å²) in [7, 11) is 0. The molecule has 0 bridgehead atoms. The Morgan fingerprint density at radius 3 is 2.87 bits per heavy atom. The van der Waals surface area contributed by atoms with Gasteiger partial charge in [0.1, 0.15) is 5.65 Å². The number of rotatable bonds is 3. The zero-order valence-electron chi connectivity index (χ0n) is 12.9. The first kappa shape index (κ1) is 15.3. The number of hydrogen-bond acceptors (Lipinski definition) is 4. The predicted octanol–water partition coefficient (Wildman–Crippen LogP) is 0.948. The van der Waals surface area contributed by atoms with Crippen molar-refractivity contribution in [2.45, 2.75) is 6.92 Å². The number of carbonyl (C=O) groups is 2. The Kier molecular flexibility index (Phi) is 4.42. The minimum Gasteiger partial charge on any atom is -0.378 e. The number of imidazole rings is 1. The van der Waals surface area contributed by atoms with Crippen molar-refractivity contribution >= 4 is 23.4 Å². The van der Waals surface area contributed by atoms with E-state index in [4.69, 9.17) is 4.74 Å². The number of amides is 3. The van der Waals surface area contributed by atoms with Crippen LogP contribution in [0.4, 0.5) is 10.6 Å². The van der Waals surface area contributed by atoms with Crippen molar-refractivity contribution in [3.05, 3.63) is 30.1 Å². The van der Waals surface area contributed by atoms with Crippen molar-refractivity contribution in [2.24, 2.45) is 0 Å². The summed E-state index contributed by atoms with van der Waals surface area (Å²) < 4.78 is 7.02. The number of urea groups is 1. The molecule has 0 unspecified atom stereocenters. The molecule has 3 amide bonds. The molecule has 8 nitrogen and oxygen atoms in total. The second-order valence-electron chi connectivity index (χ2n) is 5.20. The standard InChI is InChI=1S/C15H19N5O3/c1-2-16-15(22)18-12-10-20-4-3-11(9-13(20)17-12)14(21)19-5-7-23-8-6-19/h3-4,9-10H,2,5-8H2,1H3,(H2,16,18,22). The van der Waals surface area contributed by atoms with Gasteiger partial charge in [-0.1, -0.05) is 0 Å². The fraction of sp³-hybridized carbons (Fsp3) is 0.400. The summed E-state index contributed by atoms with van der Waals surface area (Å²) in [6.45, 7) is 4.71. The first-order valence-electron chi connectivity index (χ1n) is 7.58. The zero-order valence-corrected chi connectivity index (χ0v) is 12.9. The third-order valence-corrected chi connectivity index (χ3v) is 3.58. The van der Waals surface area contributed by atoms with Crippen molar-refractivity contribution in [2.75, 3.05) is 38.2 Å². The summed E-state index contributed by atoms with van der Waals surface area (Å²) in [5.74, 6) is 0.406. The first-order valence-corrected chi connectivity index (χ1v) is 7.58. The number of nitrogens with one attached hydrogen (secondary N) is 2. The van der Waals surface area contributed by atoms with E-state index in [1.807, 2.05) is 6.92 Å². The van der Waals surface area contributed by atoms with Crippen LogP contribution in [0.3, 0.4) is 0 Å². The molecule has 1 aliphatic heterocycles. The molecule has 0 atom stereocenters. The Labute approximate surface area is 133 Å². The Morgan fingerprint density at radius 2 is 2.13 bits per heavy atom. The number of carbonyl (C=O) groups excluding carboxylic acids is 2. The number of anilines is 1. The van der Waals surface area contributed by atoms with Crippen molar-refractivity contribution in [3.63, 3.8) is 0 Å². The fourth-order valence-corrected chi connectivity index (χ4v) is 2.45. The van der Waals surface area contributed by atoms with Crippen LogP contribution in [0.5, 0.6) is 0 Å². The fourth-order valence-electron chi connectivity index (χ4n) is 2.45. The van der Waals surface area contributed by atoms with E-state index in [9.17, 15) is 9.59 Å². The Balaban J connectivity index is 1.78. The summed E-state index contributed by atoms with van der Waals surface area (Å²) in [6.07, 6.45) is 3.46. The third kappa shape index (κ3) is 3.42. The van der Waals surface area contributed by atoms with Crippen molar-refractivity contribution < 1.29 is 14.3 Å². The number of nitrogens with zero attached hydrogens (tertiary/aromatic N) is 3. The normalized spacial score (nSPS) is 14.7. The molecule has 3 rings (SSSR count). The quantitative estimate of drug-likeness (QED) is 0.882. The Hall–Kier alpha value is -2.61. The molecule has 0 saturated carbocycles. The molecule has 2 N–H and O–H groups in total. The van der Waals surface area contributed by atoms with E-state index in [0.29, 0.717) is 49.9 Å². The maximum Gasteiger partial charge on any atom is 0.320 e. The number of morpholine rings is 1. The lowest BCUT2D eigenvalue weighted by Crippen LogP contribution is -2.40. The van der Waals surface area contributed by atoms with Crippen LogP contribution in [0.25, 0.3) is 5.65 Å². The molecule has 2 aromatic heterocycles. The zero-order chi connectivity index (χ0) is 16.2. The lowest BCUT2D eigenvalue weighted by atomic mass is 10.2. The Bertz CT molecular complexity index is 721. The van der Waals surface area contributed by atoms with E-state index in [0.717, 1.165) is 0 Å². The second kappa shape index (κ2) is 6.66. The van der Waals surface area contributed by atoms with E-state index in [2.05, 4.69) is 15.6 Å². The maximum absolute atomic E-state index is 12.5. The van der Waals surface area contributed by atoms with Gasteiger partial charge >= 0.3 is 6.03 Å². The SMILES string of the molecule is CCNC(=O)Nc1cn2ccc(C(=O)N3CCOCC3)cc2n1. The van der Waals surface area contributed by atoms with Gasteiger partial charge in [-0.2, -0.15) is 0 Å². The summed E-state index contributed by atoms with van der Waals surface area (Å²) in [6, 6.07) is 3.17. The van der Waals surface area contributed by atoms with Crippen molar-refractivity contribution in [1.82, 2.24) is 19.6 Å². The molecule has 0 radical (unpaired) electrons. The van der Waals surface area contributed by atoms with E-state index in [-0.39, 0.29) is 11.9 Å². The monoisotopic (exact) mass is 317 g/mol. The van der Waals surface area contributed by atoms with Crippen LogP contribution in [-0.2, 0) is 4.74 Å². The maximum atomic E-state index is 12.5. The van der Waals surface area contributed by atoms with Gasteiger partial charge in [-0.3, -0.25) is 10.1 Å². The molecule has 0 spiro atoms. The highest BCUT2D eigenvalue weighted by Gasteiger charge is 2.19. The van der Waals surface area contributed by atoms with Crippen LogP contribution in [0, 0.1) is 0 Å². The number of ether oxygens (including phenoxy) is 1. The largest absolute Gasteiger partial charge is 0.378 e. The first-order chi connectivity index (χ1) is 11.2. The van der Waals surface area contributed by atoms with Gasteiger partial charge in [0.25, 0.3) is 5.91 Å². The van der Waals surface area contributed by atoms with E-state index in [1.165, 1.54) is 0 Å². The summed E-state index contributed by atoms with van der Waals surface area (Å²) in [5, 5.41) is 5.29. The van der Waals surface area contributed by atoms with Crippen LogP contribution in [0.2, 0.25) is 0 Å². The van der Waals surface area contributed by atoms with Gasteiger partial charge in [0.2, 0.25) is 0 Å². The second-order valence-corrected chi connectivity index (χ2v) is 5.20. The van der Waals surface area contributed by atoms with Gasteiger partial charge in [0.15, 0.2) is 5.82 Å². The van der Waals surface area contributed by atoms with Crippen LogP contribution < -0.4 is 10.6 Å². The van der Waals surface area contributed by atoms with Crippen molar-refractivity contribution in [1.29, 1.82) is 0 Å². The van der Waals surface area contributed by atoms with Crippen molar-refractivity contribution in [3.8, 4) is 0 Å². The van der Waals surface area contributed by atoms with Gasteiger partial charge in [-0.25, -0.2) is 9.78 Å². The van der Waals surface area contributed by atoms with E-state index in [1.54, 1.807) is 33.8 Å². The minimum absolute atomic E-state index is 0.0305. The predicted molar refractivity (Wildman–Crippen MR) is 84.6 cm³/mol. The summed E-state index contributed by atoms with van der Waals surface area (Å²) in [5.41, 5.74) is 1.19. The van der Waals surface area contributed by atoms with Crippen LogP contribution >= 0.6 is 0 Å². The highest BCUT2D eigenvalue weighted by Crippen LogP contribution is 2.14. The Morgan fingerprint density at radius 1 is 1.35 bits per heavy atom. The lowest BCUT2D eigenvalue weighted by Gasteiger charge is -2.26. The summed E-state index contributed by atoms with van der Waals surface area (Å²) >= 11 is 0. The van der Waals surface area contributed by atoms with E-state index >= 15 is 0 Å². The molecule has 0 aliphatic carbocycles. The molecule has 23 heavy (non-hydrogen) atoms. The number of aromatic nitrogens is 2. The molecule has 2 aromatic rings. The average molecular weight is 317 g/mol. The number of hydrogen-bond donors (Lipinski definition) is 2. The third-order valence-electron chi connectivity index (χ3n) is 3.58. The van der Waals surface area contributed by atoms with Crippen LogP contribution in [-0.4, -0.2) is 59.1 Å². The molecule has 1 fully saturated rings. The average Bonchev–Trinajstić information content (AvgIpc) is 2.96. The van der Waals surface area contributed by atoms with Gasteiger partial charge in [-0.05, 0) is 19.1 Å². The number of pyridine rings is 1. The van der Waals surface area contributed by atoms with E-state index < -0.39 is 0 Å². The summed E-state index contributed by atoms with van der Waals surface area (Å²) in [4.78, 5) is 30.1. The highest BCUT2D eigenvalue weighted by molar-refractivity contribution is 5.95. The molecule has 0 aromatic carbocycles.